The topological polar surface area (TPSA) is 85.7 Å². The maximum absolute atomic E-state index is 12.9. The fraction of sp³-hybridized carbons (Fsp3) is 0.333. The van der Waals surface area contributed by atoms with E-state index in [-0.39, 0.29) is 43.6 Å². The first-order valence-electron chi connectivity index (χ1n) is 11.6. The summed E-state index contributed by atoms with van der Waals surface area (Å²) in [6.45, 7) is 3.69. The number of carbonyl (C=O) groups is 4. The van der Waals surface area contributed by atoms with E-state index in [1.165, 1.54) is 4.90 Å². The Morgan fingerprint density at radius 2 is 1.65 bits per heavy atom. The summed E-state index contributed by atoms with van der Waals surface area (Å²) in [6.07, 6.45) is 2.53. The molecule has 1 aliphatic carbocycles. The van der Waals surface area contributed by atoms with E-state index in [1.54, 1.807) is 24.3 Å². The standard InChI is InChI=1S/C27H26N2O5/c1-16-14-22(17(2)29(16)19-11-12-19)23(30)15-34-24(31)10-5-13-28-26(32)20-8-3-6-18-7-4-9-21(25(18)20)27(28)33/h3-4,6-9,14,19H,5,10-13,15H2,1-2H3. The molecule has 0 spiro atoms. The smallest absolute Gasteiger partial charge is 0.306 e. The number of ketones is 1. The van der Waals surface area contributed by atoms with Crippen molar-refractivity contribution in [2.75, 3.05) is 13.2 Å². The van der Waals surface area contributed by atoms with Crippen LogP contribution in [0.5, 0.6) is 0 Å². The van der Waals surface area contributed by atoms with Crippen molar-refractivity contribution in [1.82, 2.24) is 9.47 Å². The zero-order valence-corrected chi connectivity index (χ0v) is 19.3. The average molecular weight is 459 g/mol. The SMILES string of the molecule is Cc1cc(C(=O)COC(=O)CCCN2C(=O)c3cccc4cccc(c34)C2=O)c(C)n1C1CC1. The predicted octanol–water partition coefficient (Wildman–Crippen LogP) is 4.40. The van der Waals surface area contributed by atoms with E-state index in [2.05, 4.69) is 4.57 Å². The first-order valence-corrected chi connectivity index (χ1v) is 11.6. The second-order valence-electron chi connectivity index (χ2n) is 9.04. The summed E-state index contributed by atoms with van der Waals surface area (Å²) in [5.41, 5.74) is 3.53. The van der Waals surface area contributed by atoms with E-state index in [0.29, 0.717) is 28.1 Å². The van der Waals surface area contributed by atoms with Gasteiger partial charge in [0.25, 0.3) is 11.8 Å². The Morgan fingerprint density at radius 3 is 2.26 bits per heavy atom. The van der Waals surface area contributed by atoms with Crippen LogP contribution in [0.2, 0.25) is 0 Å². The molecule has 2 aromatic carbocycles. The maximum Gasteiger partial charge on any atom is 0.306 e. The van der Waals surface area contributed by atoms with Crippen LogP contribution in [0.15, 0.2) is 42.5 Å². The molecule has 0 saturated heterocycles. The highest BCUT2D eigenvalue weighted by molar-refractivity contribution is 6.25. The van der Waals surface area contributed by atoms with Gasteiger partial charge in [-0.05, 0) is 56.7 Å². The van der Waals surface area contributed by atoms with E-state index in [1.807, 2.05) is 32.0 Å². The first kappa shape index (κ1) is 22.1. The lowest BCUT2D eigenvalue weighted by Gasteiger charge is -2.27. The summed E-state index contributed by atoms with van der Waals surface area (Å²) in [4.78, 5) is 51.9. The van der Waals surface area contributed by atoms with Crippen molar-refractivity contribution in [3.8, 4) is 0 Å². The molecule has 3 aromatic rings. The Balaban J connectivity index is 1.16. The molecule has 2 heterocycles. The number of benzene rings is 2. The summed E-state index contributed by atoms with van der Waals surface area (Å²) in [5.74, 6) is -1.46. The summed E-state index contributed by atoms with van der Waals surface area (Å²) in [7, 11) is 0. The van der Waals surface area contributed by atoms with Crippen molar-refractivity contribution < 1.29 is 23.9 Å². The molecule has 34 heavy (non-hydrogen) atoms. The van der Waals surface area contributed by atoms with Gasteiger partial charge in [-0.25, -0.2) is 0 Å². The number of aromatic nitrogens is 1. The highest BCUT2D eigenvalue weighted by atomic mass is 16.5. The Kier molecular flexibility index (Phi) is 5.55. The van der Waals surface area contributed by atoms with Crippen molar-refractivity contribution in [2.24, 2.45) is 0 Å². The van der Waals surface area contributed by atoms with Crippen molar-refractivity contribution in [2.45, 2.75) is 45.6 Å². The molecule has 2 aliphatic rings. The van der Waals surface area contributed by atoms with Crippen LogP contribution < -0.4 is 0 Å². The number of Topliss-reactive ketones (excluding diaryl/α,β-unsaturated/α-hetero) is 1. The van der Waals surface area contributed by atoms with Gasteiger partial charge in [-0.15, -0.1) is 0 Å². The zero-order valence-electron chi connectivity index (χ0n) is 19.3. The normalized spacial score (nSPS) is 15.2. The lowest BCUT2D eigenvalue weighted by atomic mass is 9.94. The summed E-state index contributed by atoms with van der Waals surface area (Å²) in [6, 6.07) is 13.1. The monoisotopic (exact) mass is 458 g/mol. The predicted molar refractivity (Wildman–Crippen MR) is 126 cm³/mol. The largest absolute Gasteiger partial charge is 0.457 e. The van der Waals surface area contributed by atoms with Crippen LogP contribution in [0, 0.1) is 13.8 Å². The minimum absolute atomic E-state index is 0.0112. The molecule has 7 heteroatoms. The Hall–Kier alpha value is -3.74. The Bertz CT molecular complexity index is 1300. The number of amides is 2. The van der Waals surface area contributed by atoms with Crippen molar-refractivity contribution in [3.05, 3.63) is 70.5 Å². The molecular formula is C27H26N2O5. The average Bonchev–Trinajstić information content (AvgIpc) is 3.61. The minimum atomic E-state index is -0.524. The quantitative estimate of drug-likeness (QED) is 0.284. The zero-order chi connectivity index (χ0) is 24.0. The van der Waals surface area contributed by atoms with Crippen molar-refractivity contribution in [1.29, 1.82) is 0 Å². The molecule has 0 atom stereocenters. The van der Waals surface area contributed by atoms with Gasteiger partial charge >= 0.3 is 5.97 Å². The number of aryl methyl sites for hydroxylation is 1. The van der Waals surface area contributed by atoms with E-state index in [9.17, 15) is 19.2 Å². The van der Waals surface area contributed by atoms with Gasteiger partial charge < -0.3 is 9.30 Å². The number of rotatable bonds is 8. The highest BCUT2D eigenvalue weighted by Gasteiger charge is 2.32. The van der Waals surface area contributed by atoms with Gasteiger partial charge in [0.2, 0.25) is 5.78 Å². The number of hydrogen-bond donors (Lipinski definition) is 0. The second kappa shape index (κ2) is 8.56. The third-order valence-electron chi connectivity index (χ3n) is 6.68. The fourth-order valence-electron chi connectivity index (χ4n) is 4.92. The molecular weight excluding hydrogens is 432 g/mol. The van der Waals surface area contributed by atoms with Crippen LogP contribution in [0.1, 0.15) is 74.2 Å². The van der Waals surface area contributed by atoms with Crippen LogP contribution in [0.4, 0.5) is 0 Å². The summed E-state index contributed by atoms with van der Waals surface area (Å²) >= 11 is 0. The van der Waals surface area contributed by atoms with Crippen LogP contribution in [0.25, 0.3) is 10.8 Å². The number of imide groups is 1. The van der Waals surface area contributed by atoms with Crippen LogP contribution >= 0.6 is 0 Å². The Morgan fingerprint density at radius 1 is 1.00 bits per heavy atom. The lowest BCUT2D eigenvalue weighted by Crippen LogP contribution is -2.41. The van der Waals surface area contributed by atoms with Crippen LogP contribution in [-0.2, 0) is 9.53 Å². The third-order valence-corrected chi connectivity index (χ3v) is 6.68. The van der Waals surface area contributed by atoms with E-state index in [0.717, 1.165) is 29.6 Å². The number of hydrogen-bond acceptors (Lipinski definition) is 5. The molecule has 0 unspecified atom stereocenters. The van der Waals surface area contributed by atoms with Crippen LogP contribution in [-0.4, -0.2) is 46.2 Å². The number of esters is 1. The van der Waals surface area contributed by atoms with Gasteiger partial charge in [-0.3, -0.25) is 24.1 Å². The lowest BCUT2D eigenvalue weighted by molar-refractivity contribution is -0.142. The number of nitrogens with zero attached hydrogens (tertiary/aromatic N) is 2. The molecule has 5 rings (SSSR count). The molecule has 0 bridgehead atoms. The van der Waals surface area contributed by atoms with Gasteiger partial charge in [0.05, 0.1) is 0 Å². The molecule has 2 amide bonds. The molecule has 0 radical (unpaired) electrons. The van der Waals surface area contributed by atoms with Gasteiger partial charge in [0.15, 0.2) is 6.61 Å². The van der Waals surface area contributed by atoms with Crippen molar-refractivity contribution >= 4 is 34.3 Å². The fourth-order valence-corrected chi connectivity index (χ4v) is 4.92. The Labute approximate surface area is 197 Å². The van der Waals surface area contributed by atoms with E-state index >= 15 is 0 Å². The van der Waals surface area contributed by atoms with Gasteiger partial charge in [-0.1, -0.05) is 24.3 Å². The molecule has 1 aliphatic heterocycles. The molecule has 174 valence electrons. The first-order chi connectivity index (χ1) is 16.4. The third kappa shape index (κ3) is 3.81. The van der Waals surface area contributed by atoms with Gasteiger partial charge in [0, 0.05) is 52.5 Å². The highest BCUT2D eigenvalue weighted by Crippen LogP contribution is 2.38. The number of ether oxygens (including phenoxy) is 1. The van der Waals surface area contributed by atoms with E-state index in [4.69, 9.17) is 4.74 Å². The van der Waals surface area contributed by atoms with Crippen molar-refractivity contribution in [3.63, 3.8) is 0 Å². The molecule has 7 nitrogen and oxygen atoms in total. The number of carbonyl (C=O) groups excluding carboxylic acids is 4. The molecule has 1 aromatic heterocycles. The summed E-state index contributed by atoms with van der Waals surface area (Å²) in [5, 5.41) is 1.53. The second-order valence-corrected chi connectivity index (χ2v) is 9.04. The molecule has 1 saturated carbocycles. The van der Waals surface area contributed by atoms with Gasteiger partial charge in [0.1, 0.15) is 0 Å². The van der Waals surface area contributed by atoms with Gasteiger partial charge in [-0.2, -0.15) is 0 Å². The summed E-state index contributed by atoms with van der Waals surface area (Å²) < 4.78 is 7.38. The van der Waals surface area contributed by atoms with Crippen LogP contribution in [0.3, 0.4) is 0 Å². The molecule has 0 N–H and O–H groups in total. The maximum atomic E-state index is 12.9. The van der Waals surface area contributed by atoms with E-state index < -0.39 is 5.97 Å². The minimum Gasteiger partial charge on any atom is -0.457 e. The molecule has 1 fully saturated rings.